The molecule has 0 aromatic heterocycles. The molecule has 1 aliphatic rings. The van der Waals surface area contributed by atoms with Crippen molar-refractivity contribution in [1.82, 2.24) is 10.6 Å². The summed E-state index contributed by atoms with van der Waals surface area (Å²) in [5.41, 5.74) is 1.17. The number of aliphatic hydroxyl groups excluding tert-OH is 1. The molecule has 0 saturated heterocycles. The molecule has 1 saturated carbocycles. The molecular weight excluding hydrogens is 316 g/mol. The topological polar surface area (TPSA) is 70.6 Å². The van der Waals surface area contributed by atoms with E-state index in [0.717, 1.165) is 44.5 Å². The fourth-order valence-electron chi connectivity index (χ4n) is 3.08. The van der Waals surface area contributed by atoms with Crippen LogP contribution < -0.4 is 15.4 Å². The molecule has 25 heavy (non-hydrogen) atoms. The molecule has 2 unspecified atom stereocenters. The van der Waals surface area contributed by atoms with Crippen molar-refractivity contribution in [1.29, 1.82) is 0 Å². The third-order valence-corrected chi connectivity index (χ3v) is 4.51. The molecule has 1 aliphatic carbocycles. The lowest BCUT2D eigenvalue weighted by molar-refractivity contribution is 0.101. The monoisotopic (exact) mass is 348 g/mol. The summed E-state index contributed by atoms with van der Waals surface area (Å²) in [6.45, 7) is 6.22. The van der Waals surface area contributed by atoms with E-state index in [1.807, 2.05) is 24.3 Å². The van der Waals surface area contributed by atoms with E-state index in [0.29, 0.717) is 24.9 Å². The van der Waals surface area contributed by atoms with Gasteiger partial charge in [-0.25, -0.2) is 4.79 Å². The lowest BCUT2D eigenvalue weighted by Gasteiger charge is -2.25. The maximum absolute atomic E-state index is 11.9. The van der Waals surface area contributed by atoms with Crippen LogP contribution in [-0.4, -0.2) is 36.9 Å². The van der Waals surface area contributed by atoms with Crippen LogP contribution in [0.5, 0.6) is 5.75 Å². The number of aliphatic hydroxyl groups is 1. The number of urea groups is 1. The van der Waals surface area contributed by atoms with Gasteiger partial charge in [-0.1, -0.05) is 32.4 Å². The minimum Gasteiger partial charge on any atom is -0.493 e. The Hall–Kier alpha value is -1.75. The van der Waals surface area contributed by atoms with Crippen molar-refractivity contribution < 1.29 is 14.6 Å². The average Bonchev–Trinajstić information content (AvgIpc) is 2.59. The van der Waals surface area contributed by atoms with Gasteiger partial charge in [0, 0.05) is 13.1 Å². The van der Waals surface area contributed by atoms with Crippen LogP contribution in [0.25, 0.3) is 0 Å². The first-order chi connectivity index (χ1) is 12.0. The fourth-order valence-corrected chi connectivity index (χ4v) is 3.08. The Balaban J connectivity index is 1.60. The lowest BCUT2D eigenvalue weighted by Crippen LogP contribution is -2.40. The van der Waals surface area contributed by atoms with Gasteiger partial charge in [0.2, 0.25) is 0 Å². The van der Waals surface area contributed by atoms with E-state index >= 15 is 0 Å². The van der Waals surface area contributed by atoms with Crippen LogP contribution >= 0.6 is 0 Å². The van der Waals surface area contributed by atoms with Crippen molar-refractivity contribution in [2.24, 2.45) is 11.8 Å². The van der Waals surface area contributed by atoms with E-state index in [-0.39, 0.29) is 12.1 Å². The quantitative estimate of drug-likeness (QED) is 0.676. The average molecular weight is 348 g/mol. The summed E-state index contributed by atoms with van der Waals surface area (Å²) < 4.78 is 5.66. The van der Waals surface area contributed by atoms with Gasteiger partial charge >= 0.3 is 6.03 Å². The van der Waals surface area contributed by atoms with E-state index in [4.69, 9.17) is 4.74 Å². The van der Waals surface area contributed by atoms with Crippen LogP contribution in [0.15, 0.2) is 24.3 Å². The molecule has 0 spiro atoms. The molecule has 3 N–H and O–H groups in total. The molecule has 1 aromatic rings. The highest BCUT2D eigenvalue weighted by Crippen LogP contribution is 2.23. The highest BCUT2D eigenvalue weighted by Gasteiger charge is 2.20. The zero-order valence-corrected chi connectivity index (χ0v) is 15.5. The second-order valence-electron chi connectivity index (χ2n) is 7.42. The lowest BCUT2D eigenvalue weighted by atomic mass is 9.87. The Labute approximate surface area is 151 Å². The summed E-state index contributed by atoms with van der Waals surface area (Å²) in [5, 5.41) is 15.5. The largest absolute Gasteiger partial charge is 0.493 e. The number of carbonyl (C=O) groups is 1. The number of benzene rings is 1. The first-order valence-electron chi connectivity index (χ1n) is 9.44. The van der Waals surface area contributed by atoms with Crippen LogP contribution in [0.1, 0.15) is 45.1 Å². The third-order valence-electron chi connectivity index (χ3n) is 4.51. The highest BCUT2D eigenvalue weighted by molar-refractivity contribution is 5.73. The Morgan fingerprint density at radius 1 is 1.24 bits per heavy atom. The van der Waals surface area contributed by atoms with E-state index in [1.165, 1.54) is 5.56 Å². The zero-order valence-electron chi connectivity index (χ0n) is 15.5. The van der Waals surface area contributed by atoms with Crippen LogP contribution in [0.3, 0.4) is 0 Å². The third kappa shape index (κ3) is 7.78. The first kappa shape index (κ1) is 19.6. The van der Waals surface area contributed by atoms with Gasteiger partial charge in [-0.15, -0.1) is 0 Å². The predicted octanol–water partition coefficient (Wildman–Crippen LogP) is 3.11. The molecular formula is C20H32N2O3. The van der Waals surface area contributed by atoms with E-state index < -0.39 is 0 Å². The normalized spacial score (nSPS) is 20.3. The number of nitrogens with one attached hydrogen (secondary N) is 2. The van der Waals surface area contributed by atoms with Crippen molar-refractivity contribution in [3.05, 3.63) is 29.8 Å². The van der Waals surface area contributed by atoms with Crippen molar-refractivity contribution in [3.8, 4) is 5.75 Å². The SMILES string of the molecule is CC(C)COc1ccc(CCNC(=O)NCC2CCCC(O)C2)cc1. The molecule has 0 bridgehead atoms. The van der Waals surface area contributed by atoms with Crippen molar-refractivity contribution in [2.75, 3.05) is 19.7 Å². The molecule has 5 nitrogen and oxygen atoms in total. The molecule has 5 heteroatoms. The minimum absolute atomic E-state index is 0.128. The van der Waals surface area contributed by atoms with Crippen LogP contribution in [0.4, 0.5) is 4.79 Å². The molecule has 2 amide bonds. The van der Waals surface area contributed by atoms with Gasteiger partial charge in [-0.05, 0) is 55.2 Å². The molecule has 0 heterocycles. The Morgan fingerprint density at radius 3 is 2.68 bits per heavy atom. The van der Waals surface area contributed by atoms with Gasteiger partial charge in [0.1, 0.15) is 5.75 Å². The number of hydrogen-bond acceptors (Lipinski definition) is 3. The molecule has 0 aliphatic heterocycles. The van der Waals surface area contributed by atoms with Gasteiger partial charge < -0.3 is 20.5 Å². The second-order valence-corrected chi connectivity index (χ2v) is 7.42. The van der Waals surface area contributed by atoms with Gasteiger partial charge in [0.25, 0.3) is 0 Å². The maximum atomic E-state index is 11.9. The van der Waals surface area contributed by atoms with Gasteiger partial charge in [-0.3, -0.25) is 0 Å². The number of ether oxygens (including phenoxy) is 1. The van der Waals surface area contributed by atoms with E-state index in [9.17, 15) is 9.90 Å². The standard InChI is InChI=1S/C20H32N2O3/c1-15(2)14-25-19-8-6-16(7-9-19)10-11-21-20(24)22-13-17-4-3-5-18(23)12-17/h6-9,15,17-18,23H,3-5,10-14H2,1-2H3,(H2,21,22,24). The number of amides is 2. The minimum atomic E-state index is -0.198. The van der Waals surface area contributed by atoms with Gasteiger partial charge in [0.05, 0.1) is 12.7 Å². The molecule has 140 valence electrons. The summed E-state index contributed by atoms with van der Waals surface area (Å²) in [6, 6.07) is 7.91. The Morgan fingerprint density at radius 2 is 2.00 bits per heavy atom. The smallest absolute Gasteiger partial charge is 0.314 e. The summed E-state index contributed by atoms with van der Waals surface area (Å²) in [4.78, 5) is 11.9. The van der Waals surface area contributed by atoms with Gasteiger partial charge in [-0.2, -0.15) is 0 Å². The number of hydrogen-bond donors (Lipinski definition) is 3. The number of rotatable bonds is 8. The van der Waals surface area contributed by atoms with Crippen LogP contribution in [-0.2, 0) is 6.42 Å². The predicted molar refractivity (Wildman–Crippen MR) is 99.8 cm³/mol. The highest BCUT2D eigenvalue weighted by atomic mass is 16.5. The molecule has 1 aromatic carbocycles. The van der Waals surface area contributed by atoms with Crippen molar-refractivity contribution in [2.45, 2.75) is 52.1 Å². The summed E-state index contributed by atoms with van der Waals surface area (Å²) in [7, 11) is 0. The van der Waals surface area contributed by atoms with Crippen LogP contribution in [0.2, 0.25) is 0 Å². The molecule has 0 radical (unpaired) electrons. The first-order valence-corrected chi connectivity index (χ1v) is 9.44. The zero-order chi connectivity index (χ0) is 18.1. The molecule has 1 fully saturated rings. The summed E-state index contributed by atoms with van der Waals surface area (Å²) in [6.07, 6.45) is 4.42. The summed E-state index contributed by atoms with van der Waals surface area (Å²) in [5.74, 6) is 1.80. The van der Waals surface area contributed by atoms with Gasteiger partial charge in [0.15, 0.2) is 0 Å². The fraction of sp³-hybridized carbons (Fsp3) is 0.650. The maximum Gasteiger partial charge on any atom is 0.314 e. The Kier molecular flexibility index (Phi) is 8.06. The van der Waals surface area contributed by atoms with Crippen LogP contribution in [0, 0.1) is 11.8 Å². The van der Waals surface area contributed by atoms with Crippen molar-refractivity contribution >= 4 is 6.03 Å². The molecule has 2 atom stereocenters. The van der Waals surface area contributed by atoms with E-state index in [2.05, 4.69) is 24.5 Å². The Bertz CT molecular complexity index is 516. The molecule has 2 rings (SSSR count). The number of carbonyl (C=O) groups excluding carboxylic acids is 1. The van der Waals surface area contributed by atoms with E-state index in [1.54, 1.807) is 0 Å². The second kappa shape index (κ2) is 10.3. The van der Waals surface area contributed by atoms with Crippen molar-refractivity contribution in [3.63, 3.8) is 0 Å². The summed E-state index contributed by atoms with van der Waals surface area (Å²) >= 11 is 0.